The summed E-state index contributed by atoms with van der Waals surface area (Å²) in [6.45, 7) is 0. The lowest BCUT2D eigenvalue weighted by molar-refractivity contribution is 0.593. The van der Waals surface area contributed by atoms with E-state index in [4.69, 9.17) is 5.73 Å². The molecule has 0 fully saturated rings. The van der Waals surface area contributed by atoms with E-state index in [0.717, 1.165) is 18.5 Å². The lowest BCUT2D eigenvalue weighted by Gasteiger charge is -2.12. The molecule has 1 aromatic carbocycles. The second-order valence-corrected chi connectivity index (χ2v) is 4.42. The molecule has 0 amide bonds. The minimum Gasteiger partial charge on any atom is -0.399 e. The first-order chi connectivity index (χ1) is 8.25. The second kappa shape index (κ2) is 3.84. The SMILES string of the molecule is Nc1ccc(C2CCc3cccnc32)c(F)c1. The van der Waals surface area contributed by atoms with Crippen LogP contribution in [0.4, 0.5) is 10.1 Å². The quantitative estimate of drug-likeness (QED) is 0.762. The molecule has 0 spiro atoms. The molecule has 2 nitrogen and oxygen atoms in total. The number of anilines is 1. The molecule has 2 aromatic rings. The summed E-state index contributed by atoms with van der Waals surface area (Å²) in [6, 6.07) is 8.91. The van der Waals surface area contributed by atoms with Gasteiger partial charge in [-0.25, -0.2) is 4.39 Å². The molecule has 3 heteroatoms. The van der Waals surface area contributed by atoms with Crippen LogP contribution in [-0.2, 0) is 6.42 Å². The highest BCUT2D eigenvalue weighted by Crippen LogP contribution is 2.37. The zero-order valence-corrected chi connectivity index (χ0v) is 9.36. The van der Waals surface area contributed by atoms with Crippen molar-refractivity contribution in [1.29, 1.82) is 0 Å². The van der Waals surface area contributed by atoms with Crippen LogP contribution in [0.3, 0.4) is 0 Å². The fourth-order valence-electron chi connectivity index (χ4n) is 2.54. The van der Waals surface area contributed by atoms with Gasteiger partial charge in [0.05, 0.1) is 5.69 Å². The highest BCUT2D eigenvalue weighted by Gasteiger charge is 2.27. The van der Waals surface area contributed by atoms with Gasteiger partial charge in [0.25, 0.3) is 0 Å². The van der Waals surface area contributed by atoms with E-state index in [-0.39, 0.29) is 11.7 Å². The summed E-state index contributed by atoms with van der Waals surface area (Å²) in [4.78, 5) is 4.38. The summed E-state index contributed by atoms with van der Waals surface area (Å²) in [6.07, 6.45) is 3.66. The summed E-state index contributed by atoms with van der Waals surface area (Å²) in [5.74, 6) is -0.152. The van der Waals surface area contributed by atoms with E-state index in [9.17, 15) is 4.39 Å². The predicted molar refractivity (Wildman–Crippen MR) is 65.2 cm³/mol. The van der Waals surface area contributed by atoms with E-state index >= 15 is 0 Å². The van der Waals surface area contributed by atoms with E-state index in [1.54, 1.807) is 18.3 Å². The molecule has 0 saturated carbocycles. The number of aromatic nitrogens is 1. The third-order valence-electron chi connectivity index (χ3n) is 3.36. The van der Waals surface area contributed by atoms with Crippen LogP contribution in [0.25, 0.3) is 0 Å². The molecule has 3 rings (SSSR count). The maximum atomic E-state index is 13.9. The van der Waals surface area contributed by atoms with E-state index in [1.807, 2.05) is 6.07 Å². The van der Waals surface area contributed by atoms with Crippen LogP contribution < -0.4 is 5.73 Å². The highest BCUT2D eigenvalue weighted by molar-refractivity contribution is 5.45. The van der Waals surface area contributed by atoms with Crippen LogP contribution in [0.15, 0.2) is 36.5 Å². The van der Waals surface area contributed by atoms with Gasteiger partial charge in [0.2, 0.25) is 0 Å². The average molecular weight is 228 g/mol. The van der Waals surface area contributed by atoms with Crippen molar-refractivity contribution >= 4 is 5.69 Å². The Morgan fingerprint density at radius 1 is 1.29 bits per heavy atom. The maximum Gasteiger partial charge on any atom is 0.129 e. The van der Waals surface area contributed by atoms with Crippen molar-refractivity contribution < 1.29 is 4.39 Å². The third kappa shape index (κ3) is 1.68. The van der Waals surface area contributed by atoms with Gasteiger partial charge in [-0.05, 0) is 42.2 Å². The molecule has 1 aromatic heterocycles. The van der Waals surface area contributed by atoms with Crippen LogP contribution in [0.1, 0.15) is 29.2 Å². The van der Waals surface area contributed by atoms with Gasteiger partial charge in [-0.2, -0.15) is 0 Å². The number of benzene rings is 1. The van der Waals surface area contributed by atoms with Gasteiger partial charge in [0.15, 0.2) is 0 Å². The van der Waals surface area contributed by atoms with Crippen molar-refractivity contribution in [3.05, 3.63) is 59.2 Å². The zero-order chi connectivity index (χ0) is 11.8. The zero-order valence-electron chi connectivity index (χ0n) is 9.36. The molecule has 0 radical (unpaired) electrons. The largest absolute Gasteiger partial charge is 0.399 e. The van der Waals surface area contributed by atoms with Crippen LogP contribution in [0.5, 0.6) is 0 Å². The number of hydrogen-bond acceptors (Lipinski definition) is 2. The summed E-state index contributed by atoms with van der Waals surface area (Å²) in [5, 5.41) is 0. The molecule has 1 heterocycles. The third-order valence-corrected chi connectivity index (χ3v) is 3.36. The predicted octanol–water partition coefficient (Wildman–Crippen LogP) is 2.88. The Balaban J connectivity index is 2.07. The number of aryl methyl sites for hydroxylation is 1. The fraction of sp³-hybridized carbons (Fsp3) is 0.214. The number of nitrogens with two attached hydrogens (primary N) is 1. The number of halogens is 1. The molecule has 1 aliphatic carbocycles. The maximum absolute atomic E-state index is 13.9. The highest BCUT2D eigenvalue weighted by atomic mass is 19.1. The van der Waals surface area contributed by atoms with Gasteiger partial charge < -0.3 is 5.73 Å². The minimum atomic E-state index is -0.228. The summed E-state index contributed by atoms with van der Waals surface area (Å²) in [5.41, 5.74) is 8.97. The van der Waals surface area contributed by atoms with E-state index in [0.29, 0.717) is 11.3 Å². The Hall–Kier alpha value is -1.90. The van der Waals surface area contributed by atoms with Crippen LogP contribution in [-0.4, -0.2) is 4.98 Å². The smallest absolute Gasteiger partial charge is 0.129 e. The number of fused-ring (bicyclic) bond motifs is 1. The number of hydrogen-bond donors (Lipinski definition) is 1. The summed E-state index contributed by atoms with van der Waals surface area (Å²) < 4.78 is 13.9. The van der Waals surface area contributed by atoms with E-state index in [1.165, 1.54) is 11.6 Å². The Kier molecular flexibility index (Phi) is 2.32. The van der Waals surface area contributed by atoms with Crippen molar-refractivity contribution in [2.75, 3.05) is 5.73 Å². The first kappa shape index (κ1) is 10.3. The molecule has 0 saturated heterocycles. The van der Waals surface area contributed by atoms with E-state index in [2.05, 4.69) is 11.1 Å². The molecular formula is C14H13FN2. The van der Waals surface area contributed by atoms with Gasteiger partial charge in [-0.1, -0.05) is 12.1 Å². The Morgan fingerprint density at radius 3 is 3.00 bits per heavy atom. The Labute approximate surface area is 99.3 Å². The Bertz CT molecular complexity index is 566. The summed E-state index contributed by atoms with van der Waals surface area (Å²) in [7, 11) is 0. The molecule has 1 aliphatic rings. The van der Waals surface area contributed by atoms with Crippen LogP contribution in [0, 0.1) is 5.82 Å². The molecule has 2 N–H and O–H groups in total. The van der Waals surface area contributed by atoms with Gasteiger partial charge in [-0.15, -0.1) is 0 Å². The van der Waals surface area contributed by atoms with Crippen molar-refractivity contribution in [3.63, 3.8) is 0 Å². The van der Waals surface area contributed by atoms with Crippen molar-refractivity contribution in [1.82, 2.24) is 4.98 Å². The van der Waals surface area contributed by atoms with Crippen molar-refractivity contribution in [3.8, 4) is 0 Å². The minimum absolute atomic E-state index is 0.0757. The van der Waals surface area contributed by atoms with Crippen molar-refractivity contribution in [2.24, 2.45) is 0 Å². The monoisotopic (exact) mass is 228 g/mol. The van der Waals surface area contributed by atoms with Crippen LogP contribution >= 0.6 is 0 Å². The van der Waals surface area contributed by atoms with Gasteiger partial charge in [0.1, 0.15) is 5.82 Å². The summed E-state index contributed by atoms with van der Waals surface area (Å²) >= 11 is 0. The fourth-order valence-corrected chi connectivity index (χ4v) is 2.54. The lowest BCUT2D eigenvalue weighted by atomic mass is 9.96. The molecule has 86 valence electrons. The number of nitrogen functional groups attached to an aromatic ring is 1. The molecule has 1 unspecified atom stereocenters. The molecular weight excluding hydrogens is 215 g/mol. The topological polar surface area (TPSA) is 38.9 Å². The molecule has 17 heavy (non-hydrogen) atoms. The standard InChI is InChI=1S/C14H13FN2/c15-13-8-10(16)4-6-11(13)12-5-3-9-2-1-7-17-14(9)12/h1-2,4,6-8,12H,3,5,16H2. The molecule has 1 atom stereocenters. The van der Waals surface area contributed by atoms with Gasteiger partial charge >= 0.3 is 0 Å². The van der Waals surface area contributed by atoms with Gasteiger partial charge in [-0.3, -0.25) is 4.98 Å². The number of nitrogens with zero attached hydrogens (tertiary/aromatic N) is 1. The normalized spacial score (nSPS) is 18.1. The first-order valence-corrected chi connectivity index (χ1v) is 5.74. The van der Waals surface area contributed by atoms with E-state index < -0.39 is 0 Å². The lowest BCUT2D eigenvalue weighted by Crippen LogP contribution is -2.02. The second-order valence-electron chi connectivity index (χ2n) is 4.42. The molecule has 0 bridgehead atoms. The Morgan fingerprint density at radius 2 is 2.18 bits per heavy atom. The van der Waals surface area contributed by atoms with Crippen LogP contribution in [0.2, 0.25) is 0 Å². The average Bonchev–Trinajstić information content (AvgIpc) is 2.73. The van der Waals surface area contributed by atoms with Gasteiger partial charge in [0, 0.05) is 17.8 Å². The van der Waals surface area contributed by atoms with Crippen molar-refractivity contribution in [2.45, 2.75) is 18.8 Å². The number of rotatable bonds is 1. The number of pyridine rings is 1. The first-order valence-electron chi connectivity index (χ1n) is 5.74. The molecule has 0 aliphatic heterocycles.